The zero-order valence-electron chi connectivity index (χ0n) is 10.2. The molecule has 0 atom stereocenters. The molecule has 3 aromatic heterocycles. The van der Waals surface area contributed by atoms with E-state index in [2.05, 4.69) is 20.2 Å². The predicted octanol–water partition coefficient (Wildman–Crippen LogP) is 2.99. The smallest absolute Gasteiger partial charge is 0.188 e. The topological polar surface area (TPSA) is 56.0 Å². The number of pyridine rings is 1. The molecular formula is C14H8ClN5. The Morgan fingerprint density at radius 3 is 2.80 bits per heavy atom. The van der Waals surface area contributed by atoms with Crippen LogP contribution in [0.3, 0.4) is 0 Å². The molecule has 96 valence electrons. The summed E-state index contributed by atoms with van der Waals surface area (Å²) in [5.41, 5.74) is 2.23. The minimum absolute atomic E-state index is 0.456. The second kappa shape index (κ2) is 4.25. The normalized spacial score (nSPS) is 11.2. The highest BCUT2D eigenvalue weighted by Gasteiger charge is 2.12. The maximum Gasteiger partial charge on any atom is 0.188 e. The molecule has 3 heterocycles. The van der Waals surface area contributed by atoms with Crippen molar-refractivity contribution in [2.24, 2.45) is 0 Å². The van der Waals surface area contributed by atoms with Crippen molar-refractivity contribution in [3.63, 3.8) is 0 Å². The number of para-hydroxylation sites is 1. The lowest BCUT2D eigenvalue weighted by atomic mass is 10.2. The van der Waals surface area contributed by atoms with Gasteiger partial charge in [-0.05, 0) is 12.1 Å². The summed E-state index contributed by atoms with van der Waals surface area (Å²) in [4.78, 5) is 8.60. The number of hydrogen-bond acceptors (Lipinski definition) is 4. The zero-order chi connectivity index (χ0) is 13.5. The summed E-state index contributed by atoms with van der Waals surface area (Å²) in [6, 6.07) is 11.8. The minimum Gasteiger partial charge on any atom is -0.261 e. The fraction of sp³-hybridized carbons (Fsp3) is 0. The zero-order valence-corrected chi connectivity index (χ0v) is 11.0. The monoisotopic (exact) mass is 281 g/mol. The van der Waals surface area contributed by atoms with Gasteiger partial charge in [0.05, 0.1) is 17.9 Å². The van der Waals surface area contributed by atoms with E-state index in [9.17, 15) is 0 Å². The van der Waals surface area contributed by atoms with Gasteiger partial charge in [0.1, 0.15) is 10.8 Å². The summed E-state index contributed by atoms with van der Waals surface area (Å²) in [5, 5.41) is 9.76. The van der Waals surface area contributed by atoms with Gasteiger partial charge in [-0.15, -0.1) is 10.2 Å². The minimum atomic E-state index is 0.456. The molecule has 0 spiro atoms. The van der Waals surface area contributed by atoms with Crippen LogP contribution in [0.15, 0.2) is 48.8 Å². The third-order valence-corrected chi connectivity index (χ3v) is 3.37. The molecule has 20 heavy (non-hydrogen) atoms. The third kappa shape index (κ3) is 1.64. The fourth-order valence-corrected chi connectivity index (χ4v) is 2.39. The standard InChI is InChI=1S/C14H8ClN5/c15-12-7-16-8-13-18-19-14(20(12)13)11-6-5-9-3-1-2-4-10(9)17-11/h1-8H. The van der Waals surface area contributed by atoms with E-state index in [0.717, 1.165) is 16.6 Å². The Kier molecular flexibility index (Phi) is 2.40. The summed E-state index contributed by atoms with van der Waals surface area (Å²) in [6.07, 6.45) is 3.17. The average molecular weight is 282 g/mol. The Labute approximate surface area is 118 Å². The van der Waals surface area contributed by atoms with Crippen LogP contribution in [0.1, 0.15) is 0 Å². The quantitative estimate of drug-likeness (QED) is 0.538. The van der Waals surface area contributed by atoms with Crippen LogP contribution in [0.2, 0.25) is 5.15 Å². The highest BCUT2D eigenvalue weighted by molar-refractivity contribution is 6.29. The summed E-state index contributed by atoms with van der Waals surface area (Å²) < 4.78 is 1.73. The van der Waals surface area contributed by atoms with Crippen molar-refractivity contribution in [1.82, 2.24) is 24.6 Å². The van der Waals surface area contributed by atoms with E-state index >= 15 is 0 Å². The van der Waals surface area contributed by atoms with E-state index in [-0.39, 0.29) is 0 Å². The fourth-order valence-electron chi connectivity index (χ4n) is 2.17. The molecule has 0 N–H and O–H groups in total. The summed E-state index contributed by atoms with van der Waals surface area (Å²) in [6.45, 7) is 0. The second-order valence-electron chi connectivity index (χ2n) is 4.34. The van der Waals surface area contributed by atoms with Gasteiger partial charge in [0, 0.05) is 5.39 Å². The lowest BCUT2D eigenvalue weighted by Crippen LogP contribution is -1.94. The Hall–Kier alpha value is -2.53. The Bertz CT molecular complexity index is 931. The molecule has 0 radical (unpaired) electrons. The van der Waals surface area contributed by atoms with E-state index in [1.807, 2.05) is 36.4 Å². The van der Waals surface area contributed by atoms with E-state index in [1.165, 1.54) is 0 Å². The van der Waals surface area contributed by atoms with E-state index < -0.39 is 0 Å². The van der Waals surface area contributed by atoms with Crippen molar-refractivity contribution >= 4 is 28.2 Å². The van der Waals surface area contributed by atoms with Crippen LogP contribution in [0.25, 0.3) is 28.1 Å². The van der Waals surface area contributed by atoms with Crippen LogP contribution in [0.5, 0.6) is 0 Å². The van der Waals surface area contributed by atoms with Crippen LogP contribution < -0.4 is 0 Å². The lowest BCUT2D eigenvalue weighted by molar-refractivity contribution is 1.09. The van der Waals surface area contributed by atoms with E-state index in [4.69, 9.17) is 11.6 Å². The summed E-state index contributed by atoms with van der Waals surface area (Å²) >= 11 is 6.16. The molecule has 6 heteroatoms. The maximum absolute atomic E-state index is 6.16. The van der Waals surface area contributed by atoms with Gasteiger partial charge in [-0.2, -0.15) is 0 Å². The van der Waals surface area contributed by atoms with Gasteiger partial charge >= 0.3 is 0 Å². The van der Waals surface area contributed by atoms with Crippen LogP contribution in [0.4, 0.5) is 0 Å². The first-order valence-electron chi connectivity index (χ1n) is 6.04. The number of hydrogen-bond donors (Lipinski definition) is 0. The molecule has 1 aromatic carbocycles. The number of fused-ring (bicyclic) bond motifs is 2. The first-order valence-corrected chi connectivity index (χ1v) is 6.41. The SMILES string of the molecule is Clc1cncc2nnc(-c3ccc4ccccc4n3)n12. The number of aromatic nitrogens is 5. The first-order chi connectivity index (χ1) is 9.83. The molecule has 4 rings (SSSR count). The number of nitrogens with zero attached hydrogens (tertiary/aromatic N) is 5. The van der Waals surface area contributed by atoms with Crippen LogP contribution in [0, 0.1) is 0 Å². The highest BCUT2D eigenvalue weighted by Crippen LogP contribution is 2.22. The van der Waals surface area contributed by atoms with Crippen molar-refractivity contribution in [2.45, 2.75) is 0 Å². The summed E-state index contributed by atoms with van der Waals surface area (Å²) in [7, 11) is 0. The van der Waals surface area contributed by atoms with E-state index in [1.54, 1.807) is 16.8 Å². The Morgan fingerprint density at radius 1 is 0.950 bits per heavy atom. The van der Waals surface area contributed by atoms with Crippen molar-refractivity contribution in [3.8, 4) is 11.5 Å². The molecule has 0 bridgehead atoms. The molecule has 0 fully saturated rings. The van der Waals surface area contributed by atoms with Crippen LogP contribution in [-0.4, -0.2) is 24.6 Å². The molecule has 0 unspecified atom stereocenters. The van der Waals surface area contributed by atoms with Gasteiger partial charge < -0.3 is 0 Å². The van der Waals surface area contributed by atoms with Crippen molar-refractivity contribution in [2.75, 3.05) is 0 Å². The molecular weight excluding hydrogens is 274 g/mol. The summed E-state index contributed by atoms with van der Waals surface area (Å²) in [5.74, 6) is 0.609. The van der Waals surface area contributed by atoms with Crippen LogP contribution >= 0.6 is 11.6 Å². The van der Waals surface area contributed by atoms with Gasteiger partial charge in [0.2, 0.25) is 0 Å². The Balaban J connectivity index is 2.01. The maximum atomic E-state index is 6.16. The van der Waals surface area contributed by atoms with Crippen molar-refractivity contribution < 1.29 is 0 Å². The molecule has 0 aliphatic heterocycles. The number of rotatable bonds is 1. The molecule has 4 aromatic rings. The van der Waals surface area contributed by atoms with Gasteiger partial charge in [-0.3, -0.25) is 9.38 Å². The van der Waals surface area contributed by atoms with E-state index in [0.29, 0.717) is 16.6 Å². The highest BCUT2D eigenvalue weighted by atomic mass is 35.5. The van der Waals surface area contributed by atoms with Crippen molar-refractivity contribution in [3.05, 3.63) is 53.9 Å². The van der Waals surface area contributed by atoms with Crippen LogP contribution in [-0.2, 0) is 0 Å². The molecule has 0 aliphatic carbocycles. The van der Waals surface area contributed by atoms with Gasteiger partial charge in [-0.1, -0.05) is 35.9 Å². The molecule has 0 saturated carbocycles. The third-order valence-electron chi connectivity index (χ3n) is 3.10. The molecule has 0 aliphatic rings. The molecule has 0 amide bonds. The molecule has 5 nitrogen and oxygen atoms in total. The van der Waals surface area contributed by atoms with Gasteiger partial charge in [-0.25, -0.2) is 4.98 Å². The van der Waals surface area contributed by atoms with Gasteiger partial charge in [0.15, 0.2) is 11.5 Å². The van der Waals surface area contributed by atoms with Gasteiger partial charge in [0.25, 0.3) is 0 Å². The largest absolute Gasteiger partial charge is 0.261 e. The number of benzene rings is 1. The second-order valence-corrected chi connectivity index (χ2v) is 4.72. The Morgan fingerprint density at radius 2 is 1.85 bits per heavy atom. The number of halogens is 1. The van der Waals surface area contributed by atoms with Crippen molar-refractivity contribution in [1.29, 1.82) is 0 Å². The lowest BCUT2D eigenvalue weighted by Gasteiger charge is -2.03. The average Bonchev–Trinajstić information content (AvgIpc) is 2.92. The predicted molar refractivity (Wildman–Crippen MR) is 76.5 cm³/mol. The first kappa shape index (κ1) is 11.3. The molecule has 0 saturated heterocycles.